The first-order valence-electron chi connectivity index (χ1n) is 4.32. The highest BCUT2D eigenvalue weighted by Crippen LogP contribution is 2.26. The van der Waals surface area contributed by atoms with E-state index in [1.165, 1.54) is 0 Å². The average molecular weight is 244 g/mol. The van der Waals surface area contributed by atoms with Gasteiger partial charge in [-0.1, -0.05) is 13.8 Å². The van der Waals surface area contributed by atoms with Gasteiger partial charge in [0.25, 0.3) is 0 Å². The lowest BCUT2D eigenvalue weighted by Gasteiger charge is -2.18. The summed E-state index contributed by atoms with van der Waals surface area (Å²) in [5.74, 6) is 0.800. The Morgan fingerprint density at radius 3 is 2.69 bits per heavy atom. The highest BCUT2D eigenvalue weighted by atomic mass is 79.9. The maximum absolute atomic E-state index is 5.69. The number of aromatic nitrogens is 2. The lowest BCUT2D eigenvalue weighted by Crippen LogP contribution is -2.19. The summed E-state index contributed by atoms with van der Waals surface area (Å²) in [6.07, 6.45) is 3.32. The predicted molar refractivity (Wildman–Crippen MR) is 56.4 cm³/mol. The zero-order valence-corrected chi connectivity index (χ0v) is 9.45. The van der Waals surface area contributed by atoms with Crippen LogP contribution in [-0.2, 0) is 0 Å². The molecule has 4 heteroatoms. The first kappa shape index (κ1) is 10.6. The van der Waals surface area contributed by atoms with E-state index in [-0.39, 0.29) is 0 Å². The van der Waals surface area contributed by atoms with E-state index in [1.807, 2.05) is 0 Å². The molecule has 0 radical (unpaired) electrons. The lowest BCUT2D eigenvalue weighted by molar-refractivity contribution is 0.493. The molecule has 1 rings (SSSR count). The van der Waals surface area contributed by atoms with Gasteiger partial charge in [-0.2, -0.15) is 0 Å². The molecular formula is C9H14BrN3. The maximum Gasteiger partial charge on any atom is 0.115 e. The van der Waals surface area contributed by atoms with E-state index in [4.69, 9.17) is 5.73 Å². The van der Waals surface area contributed by atoms with E-state index in [2.05, 4.69) is 39.7 Å². The number of hydrogen-bond acceptors (Lipinski definition) is 3. The molecule has 0 fully saturated rings. The lowest BCUT2D eigenvalue weighted by atomic mass is 9.92. The van der Waals surface area contributed by atoms with Crippen LogP contribution in [0.2, 0.25) is 0 Å². The number of rotatable bonds is 3. The van der Waals surface area contributed by atoms with Crippen LogP contribution in [0, 0.1) is 5.92 Å². The highest BCUT2D eigenvalue weighted by Gasteiger charge is 2.17. The molecule has 0 aliphatic rings. The first-order valence-corrected chi connectivity index (χ1v) is 5.11. The molecule has 0 amide bonds. The maximum atomic E-state index is 5.69. The molecule has 0 aromatic carbocycles. The largest absolute Gasteiger partial charge is 0.330 e. The summed E-state index contributed by atoms with van der Waals surface area (Å²) in [6.45, 7) is 4.91. The van der Waals surface area contributed by atoms with E-state index in [0.29, 0.717) is 18.4 Å². The second-order valence-electron chi connectivity index (χ2n) is 3.34. The quantitative estimate of drug-likeness (QED) is 0.883. The van der Waals surface area contributed by atoms with Crippen LogP contribution in [0.3, 0.4) is 0 Å². The molecule has 3 nitrogen and oxygen atoms in total. The molecule has 0 bridgehead atoms. The molecule has 0 saturated carbocycles. The minimum atomic E-state index is 0.303. The van der Waals surface area contributed by atoms with Gasteiger partial charge in [0.15, 0.2) is 0 Å². The van der Waals surface area contributed by atoms with Crippen molar-refractivity contribution in [2.75, 3.05) is 6.54 Å². The molecule has 2 N–H and O–H groups in total. The molecule has 13 heavy (non-hydrogen) atoms. The Bertz CT molecular complexity index is 275. The third-order valence-electron chi connectivity index (χ3n) is 2.11. The van der Waals surface area contributed by atoms with Gasteiger partial charge in [0.2, 0.25) is 0 Å². The van der Waals surface area contributed by atoms with Gasteiger partial charge >= 0.3 is 0 Å². The van der Waals surface area contributed by atoms with Crippen LogP contribution >= 0.6 is 15.9 Å². The van der Waals surface area contributed by atoms with Gasteiger partial charge in [-0.15, -0.1) is 0 Å². The average Bonchev–Trinajstić information content (AvgIpc) is 2.09. The molecular weight excluding hydrogens is 230 g/mol. The van der Waals surface area contributed by atoms with Gasteiger partial charge in [-0.3, -0.25) is 0 Å². The van der Waals surface area contributed by atoms with Crippen molar-refractivity contribution in [3.63, 3.8) is 0 Å². The summed E-state index contributed by atoms with van der Waals surface area (Å²) in [6, 6.07) is 0. The summed E-state index contributed by atoms with van der Waals surface area (Å²) in [5.41, 5.74) is 6.70. The van der Waals surface area contributed by atoms with E-state index in [9.17, 15) is 0 Å². The summed E-state index contributed by atoms with van der Waals surface area (Å²) < 4.78 is 0.944. The molecule has 72 valence electrons. The number of nitrogens with two attached hydrogens (primary N) is 1. The second-order valence-corrected chi connectivity index (χ2v) is 4.20. The van der Waals surface area contributed by atoms with Crippen molar-refractivity contribution in [3.05, 3.63) is 22.7 Å². The molecule has 0 saturated heterocycles. The van der Waals surface area contributed by atoms with Crippen LogP contribution in [0.5, 0.6) is 0 Å². The Morgan fingerprint density at radius 1 is 1.54 bits per heavy atom. The molecule has 1 atom stereocenters. The third kappa shape index (κ3) is 2.48. The fourth-order valence-corrected chi connectivity index (χ4v) is 1.81. The Morgan fingerprint density at radius 2 is 2.23 bits per heavy atom. The highest BCUT2D eigenvalue weighted by molar-refractivity contribution is 9.10. The zero-order chi connectivity index (χ0) is 9.84. The van der Waals surface area contributed by atoms with Crippen LogP contribution in [0.15, 0.2) is 17.0 Å². The Balaban J connectivity index is 2.97. The third-order valence-corrected chi connectivity index (χ3v) is 2.72. The molecule has 0 aliphatic heterocycles. The van der Waals surface area contributed by atoms with Gasteiger partial charge in [-0.25, -0.2) is 9.97 Å². The predicted octanol–water partition coefficient (Wildman–Crippen LogP) is 1.94. The molecule has 1 heterocycles. The van der Waals surface area contributed by atoms with Crippen LogP contribution < -0.4 is 5.73 Å². The normalized spacial score (nSPS) is 13.3. The van der Waals surface area contributed by atoms with Gasteiger partial charge in [0, 0.05) is 18.7 Å². The summed E-state index contributed by atoms with van der Waals surface area (Å²) in [4.78, 5) is 8.15. The van der Waals surface area contributed by atoms with Gasteiger partial charge in [0.1, 0.15) is 6.33 Å². The van der Waals surface area contributed by atoms with Gasteiger partial charge < -0.3 is 5.73 Å². The molecule has 1 aromatic rings. The Kier molecular flexibility index (Phi) is 3.81. The van der Waals surface area contributed by atoms with E-state index in [1.54, 1.807) is 12.5 Å². The fraction of sp³-hybridized carbons (Fsp3) is 0.556. The number of nitrogens with zero attached hydrogens (tertiary/aromatic N) is 2. The topological polar surface area (TPSA) is 51.8 Å². The van der Waals surface area contributed by atoms with Crippen molar-refractivity contribution in [1.29, 1.82) is 0 Å². The summed E-state index contributed by atoms with van der Waals surface area (Å²) in [5, 5.41) is 0. The van der Waals surface area contributed by atoms with Crippen LogP contribution in [0.25, 0.3) is 0 Å². The van der Waals surface area contributed by atoms with E-state index >= 15 is 0 Å². The fourth-order valence-electron chi connectivity index (χ4n) is 1.29. The SMILES string of the molecule is CC(C)C(CN)c1ncncc1Br. The Hall–Kier alpha value is -0.480. The van der Waals surface area contributed by atoms with Crippen molar-refractivity contribution in [1.82, 2.24) is 9.97 Å². The summed E-state index contributed by atoms with van der Waals surface area (Å²) in [7, 11) is 0. The van der Waals surface area contributed by atoms with Crippen molar-refractivity contribution in [3.8, 4) is 0 Å². The number of hydrogen-bond donors (Lipinski definition) is 1. The van der Waals surface area contributed by atoms with Crippen LogP contribution in [0.1, 0.15) is 25.5 Å². The standard InChI is InChI=1S/C9H14BrN3/c1-6(2)7(3-11)9-8(10)4-12-5-13-9/h4-7H,3,11H2,1-2H3. The number of halogens is 1. The van der Waals surface area contributed by atoms with Gasteiger partial charge in [-0.05, 0) is 21.8 Å². The molecule has 0 spiro atoms. The van der Waals surface area contributed by atoms with Crippen molar-refractivity contribution in [2.24, 2.45) is 11.7 Å². The second kappa shape index (κ2) is 4.67. The van der Waals surface area contributed by atoms with Crippen molar-refractivity contribution < 1.29 is 0 Å². The molecule has 0 aliphatic carbocycles. The first-order chi connectivity index (χ1) is 6.16. The molecule has 1 aromatic heterocycles. The summed E-state index contributed by atoms with van der Waals surface area (Å²) >= 11 is 3.43. The smallest absolute Gasteiger partial charge is 0.115 e. The Labute approximate surface area is 86.9 Å². The van der Waals surface area contributed by atoms with Crippen molar-refractivity contribution in [2.45, 2.75) is 19.8 Å². The minimum Gasteiger partial charge on any atom is -0.330 e. The van der Waals surface area contributed by atoms with E-state index < -0.39 is 0 Å². The van der Waals surface area contributed by atoms with Gasteiger partial charge in [0.05, 0.1) is 10.2 Å². The van der Waals surface area contributed by atoms with Crippen molar-refractivity contribution >= 4 is 15.9 Å². The van der Waals surface area contributed by atoms with Crippen LogP contribution in [0.4, 0.5) is 0 Å². The van der Waals surface area contributed by atoms with E-state index in [0.717, 1.165) is 10.2 Å². The zero-order valence-electron chi connectivity index (χ0n) is 7.87. The van der Waals surface area contributed by atoms with Crippen LogP contribution in [-0.4, -0.2) is 16.5 Å². The monoisotopic (exact) mass is 243 g/mol. The minimum absolute atomic E-state index is 0.303. The molecule has 1 unspecified atom stereocenters.